The van der Waals surface area contributed by atoms with Gasteiger partial charge < -0.3 is 20.2 Å². The van der Waals surface area contributed by atoms with Crippen LogP contribution in [0, 0.1) is 13.8 Å². The number of phenols is 1. The highest BCUT2D eigenvalue weighted by molar-refractivity contribution is 6.05. The van der Waals surface area contributed by atoms with E-state index in [4.69, 9.17) is 4.84 Å². The first-order chi connectivity index (χ1) is 17.4. The first kappa shape index (κ1) is 25.0. The molecule has 1 fully saturated rings. The summed E-state index contributed by atoms with van der Waals surface area (Å²) in [7, 11) is 1.45. The van der Waals surface area contributed by atoms with Gasteiger partial charge in [-0.05, 0) is 72.4 Å². The molecule has 0 aromatic heterocycles. The van der Waals surface area contributed by atoms with Crippen LogP contribution in [0.1, 0.15) is 33.5 Å². The minimum atomic E-state index is -0.662. The average molecular weight is 486 g/mol. The number of oxime groups is 1. The van der Waals surface area contributed by atoms with Gasteiger partial charge in [-0.1, -0.05) is 47.6 Å². The first-order valence-electron chi connectivity index (χ1n) is 12.0. The number of amides is 2. The van der Waals surface area contributed by atoms with Gasteiger partial charge in [0.05, 0.1) is 12.3 Å². The number of hydrogen-bond donors (Lipinski definition) is 2. The predicted molar refractivity (Wildman–Crippen MR) is 140 cm³/mol. The molecule has 3 aromatic carbocycles. The van der Waals surface area contributed by atoms with Gasteiger partial charge in [0.2, 0.25) is 5.91 Å². The van der Waals surface area contributed by atoms with Crippen molar-refractivity contribution >= 4 is 17.5 Å². The van der Waals surface area contributed by atoms with E-state index in [0.29, 0.717) is 30.7 Å². The van der Waals surface area contributed by atoms with E-state index in [2.05, 4.69) is 36.5 Å². The predicted octanol–water partition coefficient (Wildman–Crippen LogP) is 4.25. The van der Waals surface area contributed by atoms with Gasteiger partial charge in [-0.15, -0.1) is 0 Å². The van der Waals surface area contributed by atoms with Crippen molar-refractivity contribution in [2.24, 2.45) is 5.16 Å². The summed E-state index contributed by atoms with van der Waals surface area (Å²) in [6.07, 6.45) is 0.941. The Kier molecular flexibility index (Phi) is 7.68. The van der Waals surface area contributed by atoms with Crippen molar-refractivity contribution in [1.29, 1.82) is 0 Å². The Morgan fingerprint density at radius 1 is 1.03 bits per heavy atom. The third kappa shape index (κ3) is 5.57. The largest absolute Gasteiger partial charge is 0.508 e. The van der Waals surface area contributed by atoms with E-state index in [-0.39, 0.29) is 24.1 Å². The van der Waals surface area contributed by atoms with Crippen LogP contribution in [0.4, 0.5) is 0 Å². The molecular weight excluding hydrogens is 454 g/mol. The van der Waals surface area contributed by atoms with Gasteiger partial charge >= 0.3 is 0 Å². The fourth-order valence-electron chi connectivity index (χ4n) is 4.67. The molecule has 2 N–H and O–H groups in total. The Labute approximate surface area is 211 Å². The molecule has 1 heterocycles. The van der Waals surface area contributed by atoms with Crippen molar-refractivity contribution in [3.05, 3.63) is 89.0 Å². The number of phenolic OH excluding ortho intramolecular Hbond substituents is 1. The molecule has 7 heteroatoms. The minimum Gasteiger partial charge on any atom is -0.508 e. The number of benzene rings is 3. The van der Waals surface area contributed by atoms with E-state index in [0.717, 1.165) is 16.7 Å². The molecule has 1 aliphatic rings. The lowest BCUT2D eigenvalue weighted by Crippen LogP contribution is -2.46. The smallest absolute Gasteiger partial charge is 0.254 e. The second-order valence-corrected chi connectivity index (χ2v) is 9.04. The van der Waals surface area contributed by atoms with Gasteiger partial charge in [0, 0.05) is 18.5 Å². The molecule has 0 aliphatic carbocycles. The summed E-state index contributed by atoms with van der Waals surface area (Å²) < 4.78 is 0. The monoisotopic (exact) mass is 485 g/mol. The fourth-order valence-corrected chi connectivity index (χ4v) is 4.67. The summed E-state index contributed by atoms with van der Waals surface area (Å²) in [6.45, 7) is 4.81. The number of nitrogens with zero attached hydrogens (tertiary/aromatic N) is 2. The fraction of sp³-hybridized carbons (Fsp3) is 0.276. The highest BCUT2D eigenvalue weighted by atomic mass is 16.6. The number of carbonyl (C=O) groups excluding carboxylic acids is 2. The Morgan fingerprint density at radius 2 is 1.69 bits per heavy atom. The molecule has 0 bridgehead atoms. The quantitative estimate of drug-likeness (QED) is 0.490. The maximum Gasteiger partial charge on any atom is 0.254 e. The molecule has 0 unspecified atom stereocenters. The van der Waals surface area contributed by atoms with Gasteiger partial charge in [0.25, 0.3) is 5.91 Å². The molecule has 2 amide bonds. The molecule has 186 valence electrons. The van der Waals surface area contributed by atoms with E-state index in [1.807, 2.05) is 42.5 Å². The highest BCUT2D eigenvalue weighted by Crippen LogP contribution is 2.28. The average Bonchev–Trinajstić information content (AvgIpc) is 3.29. The number of aryl methyl sites for hydroxylation is 2. The molecule has 36 heavy (non-hydrogen) atoms. The van der Waals surface area contributed by atoms with Crippen LogP contribution in [0.2, 0.25) is 0 Å². The second kappa shape index (κ2) is 11.1. The minimum absolute atomic E-state index is 0.204. The van der Waals surface area contributed by atoms with Gasteiger partial charge in [-0.3, -0.25) is 9.59 Å². The summed E-state index contributed by atoms with van der Waals surface area (Å²) in [4.78, 5) is 33.0. The highest BCUT2D eigenvalue weighted by Gasteiger charge is 2.38. The van der Waals surface area contributed by atoms with Crippen LogP contribution in [0.15, 0.2) is 71.9 Å². The number of nitrogens with one attached hydrogen (secondary N) is 1. The normalized spacial score (nSPS) is 16.2. The van der Waals surface area contributed by atoms with E-state index in [1.54, 1.807) is 17.0 Å². The van der Waals surface area contributed by atoms with Crippen LogP contribution in [0.25, 0.3) is 11.1 Å². The SMILES string of the molecule is CO/N=C1/C[C@@H](C(=O)NCCc2ccc(O)cc2)N(C(=O)c2ccc(-c3c(C)cccc3C)cc2)C1. The topological polar surface area (TPSA) is 91.2 Å². The zero-order valence-electron chi connectivity index (χ0n) is 20.8. The maximum atomic E-state index is 13.4. The van der Waals surface area contributed by atoms with Crippen molar-refractivity contribution < 1.29 is 19.5 Å². The lowest BCUT2D eigenvalue weighted by atomic mass is 9.95. The van der Waals surface area contributed by atoms with E-state index in [9.17, 15) is 14.7 Å². The second-order valence-electron chi connectivity index (χ2n) is 9.04. The van der Waals surface area contributed by atoms with E-state index >= 15 is 0 Å². The molecule has 7 nitrogen and oxygen atoms in total. The van der Waals surface area contributed by atoms with Crippen LogP contribution >= 0.6 is 0 Å². The summed E-state index contributed by atoms with van der Waals surface area (Å²) in [6, 6.07) is 19.9. The van der Waals surface area contributed by atoms with Crippen molar-refractivity contribution in [2.75, 3.05) is 20.2 Å². The molecule has 1 saturated heterocycles. The van der Waals surface area contributed by atoms with Gasteiger partial charge in [-0.25, -0.2) is 0 Å². The molecule has 0 radical (unpaired) electrons. The Bertz CT molecular complexity index is 1250. The molecule has 1 atom stereocenters. The molecule has 3 aromatic rings. The summed E-state index contributed by atoms with van der Waals surface area (Å²) in [5.41, 5.74) is 6.74. The van der Waals surface area contributed by atoms with Gasteiger partial charge in [0.1, 0.15) is 18.9 Å². The maximum absolute atomic E-state index is 13.4. The number of hydrogen-bond acceptors (Lipinski definition) is 5. The van der Waals surface area contributed by atoms with Crippen LogP contribution in [0.5, 0.6) is 5.75 Å². The van der Waals surface area contributed by atoms with Crippen molar-refractivity contribution in [2.45, 2.75) is 32.7 Å². The summed E-state index contributed by atoms with van der Waals surface area (Å²) >= 11 is 0. The van der Waals surface area contributed by atoms with Crippen molar-refractivity contribution in [1.82, 2.24) is 10.2 Å². The summed E-state index contributed by atoms with van der Waals surface area (Å²) in [5.74, 6) is -0.242. The van der Waals surface area contributed by atoms with E-state index in [1.165, 1.54) is 18.2 Å². The van der Waals surface area contributed by atoms with Crippen LogP contribution in [-0.4, -0.2) is 53.8 Å². The zero-order valence-corrected chi connectivity index (χ0v) is 20.8. The third-order valence-corrected chi connectivity index (χ3v) is 6.49. The number of carbonyl (C=O) groups is 2. The van der Waals surface area contributed by atoms with Crippen LogP contribution in [-0.2, 0) is 16.1 Å². The van der Waals surface area contributed by atoms with Gasteiger partial charge in [0.15, 0.2) is 0 Å². The van der Waals surface area contributed by atoms with Crippen LogP contribution < -0.4 is 5.32 Å². The Balaban J connectivity index is 1.47. The van der Waals surface area contributed by atoms with Crippen molar-refractivity contribution in [3.8, 4) is 16.9 Å². The lowest BCUT2D eigenvalue weighted by Gasteiger charge is -2.23. The number of rotatable bonds is 7. The Hall–Kier alpha value is -4.13. The first-order valence-corrected chi connectivity index (χ1v) is 12.0. The van der Waals surface area contributed by atoms with Crippen molar-refractivity contribution in [3.63, 3.8) is 0 Å². The van der Waals surface area contributed by atoms with E-state index < -0.39 is 6.04 Å². The zero-order chi connectivity index (χ0) is 25.7. The number of aromatic hydroxyl groups is 1. The molecule has 1 aliphatic heterocycles. The van der Waals surface area contributed by atoms with Gasteiger partial charge in [-0.2, -0.15) is 0 Å². The Morgan fingerprint density at radius 3 is 2.33 bits per heavy atom. The number of likely N-dealkylation sites (tertiary alicyclic amines) is 1. The molecular formula is C29H31N3O4. The van der Waals surface area contributed by atoms with Crippen LogP contribution in [0.3, 0.4) is 0 Å². The molecule has 0 saturated carbocycles. The standard InChI is InChI=1S/C29H31N3O4/c1-19-5-4-6-20(2)27(19)22-9-11-23(12-10-22)29(35)32-18-24(31-36-3)17-26(32)28(34)30-16-15-21-7-13-25(33)14-8-21/h4-14,26,33H,15-18H2,1-3H3,(H,30,34)/b31-24-/t26-/m0/s1. The lowest BCUT2D eigenvalue weighted by molar-refractivity contribution is -0.124. The summed E-state index contributed by atoms with van der Waals surface area (Å²) in [5, 5.41) is 16.4. The molecule has 4 rings (SSSR count). The molecule has 0 spiro atoms. The third-order valence-electron chi connectivity index (χ3n) is 6.49.